The third-order valence-electron chi connectivity index (χ3n) is 2.64. The van der Waals surface area contributed by atoms with Gasteiger partial charge in [-0.05, 0) is 43.3 Å². The lowest BCUT2D eigenvalue weighted by molar-refractivity contribution is 0.681. The summed E-state index contributed by atoms with van der Waals surface area (Å²) >= 11 is 5.55. The summed E-state index contributed by atoms with van der Waals surface area (Å²) in [5.74, 6) is 1.95. The Balaban J connectivity index is 2.53. The Bertz CT molecular complexity index is 268. The molecule has 0 spiro atoms. The molecule has 0 nitrogen and oxygen atoms in total. The van der Waals surface area contributed by atoms with Crippen LogP contribution in [0.25, 0.3) is 0 Å². The molecule has 15 heavy (non-hydrogen) atoms. The van der Waals surface area contributed by atoms with Gasteiger partial charge in [-0.1, -0.05) is 45.8 Å². The first-order valence-electron chi connectivity index (χ1n) is 5.39. The summed E-state index contributed by atoms with van der Waals surface area (Å²) in [6, 6.07) is 8.94. The van der Waals surface area contributed by atoms with Crippen LogP contribution in [0.4, 0.5) is 0 Å². The molecule has 0 bridgehead atoms. The predicted octanol–water partition coefficient (Wildman–Crippen LogP) is 4.62. The Morgan fingerprint density at radius 1 is 1.27 bits per heavy atom. The molecule has 0 aliphatic rings. The van der Waals surface area contributed by atoms with Gasteiger partial charge in [-0.25, -0.2) is 0 Å². The van der Waals surface area contributed by atoms with Gasteiger partial charge in [0.1, 0.15) is 0 Å². The molecule has 0 fully saturated rings. The van der Waals surface area contributed by atoms with Crippen LogP contribution in [0.3, 0.4) is 0 Å². The first-order chi connectivity index (χ1) is 7.27. The van der Waals surface area contributed by atoms with Crippen LogP contribution < -0.4 is 0 Å². The number of hydrogen-bond acceptors (Lipinski definition) is 1. The number of alkyl halides is 1. The Labute approximate surface area is 106 Å². The maximum Gasteiger partial charge on any atom is 0.0100 e. The van der Waals surface area contributed by atoms with Gasteiger partial charge in [0.2, 0.25) is 0 Å². The summed E-state index contributed by atoms with van der Waals surface area (Å²) in [7, 11) is 0. The number of rotatable bonds is 6. The highest BCUT2D eigenvalue weighted by atomic mass is 79.9. The average molecular weight is 287 g/mol. The maximum absolute atomic E-state index is 3.62. The van der Waals surface area contributed by atoms with E-state index in [2.05, 4.69) is 53.4 Å². The van der Waals surface area contributed by atoms with Crippen molar-refractivity contribution in [3.63, 3.8) is 0 Å². The van der Waals surface area contributed by atoms with Crippen LogP contribution in [0.1, 0.15) is 29.9 Å². The second kappa shape index (κ2) is 7.34. The Hall–Kier alpha value is 0.0500. The van der Waals surface area contributed by atoms with Crippen LogP contribution in [0, 0.1) is 6.92 Å². The zero-order chi connectivity index (χ0) is 11.1. The molecule has 0 radical (unpaired) electrons. The smallest absolute Gasteiger partial charge is 0.0100 e. The number of aryl methyl sites for hydroxylation is 1. The number of thioether (sulfide) groups is 1. The van der Waals surface area contributed by atoms with Crippen LogP contribution in [0.5, 0.6) is 0 Å². The van der Waals surface area contributed by atoms with E-state index in [9.17, 15) is 0 Å². The molecular weight excluding hydrogens is 268 g/mol. The van der Waals surface area contributed by atoms with E-state index in [0.29, 0.717) is 5.92 Å². The second-order valence-corrected chi connectivity index (χ2v) is 5.53. The SMILES string of the molecule is CSCCCC(CBr)c1ccc(C)cc1. The fraction of sp³-hybridized carbons (Fsp3) is 0.538. The summed E-state index contributed by atoms with van der Waals surface area (Å²) in [6.45, 7) is 2.14. The average Bonchev–Trinajstić information content (AvgIpc) is 2.26. The molecule has 0 aromatic heterocycles. The van der Waals surface area contributed by atoms with Crippen LogP contribution in [0.15, 0.2) is 24.3 Å². The van der Waals surface area contributed by atoms with Crippen molar-refractivity contribution in [2.75, 3.05) is 17.3 Å². The lowest BCUT2D eigenvalue weighted by Crippen LogP contribution is -2.01. The minimum Gasteiger partial charge on any atom is -0.165 e. The van der Waals surface area contributed by atoms with Crippen molar-refractivity contribution in [2.45, 2.75) is 25.7 Å². The Morgan fingerprint density at radius 3 is 2.47 bits per heavy atom. The van der Waals surface area contributed by atoms with E-state index in [-0.39, 0.29) is 0 Å². The third kappa shape index (κ3) is 4.60. The van der Waals surface area contributed by atoms with Gasteiger partial charge >= 0.3 is 0 Å². The fourth-order valence-electron chi connectivity index (χ4n) is 1.65. The van der Waals surface area contributed by atoms with Crippen molar-refractivity contribution >= 4 is 27.7 Å². The minimum atomic E-state index is 0.678. The highest BCUT2D eigenvalue weighted by Crippen LogP contribution is 2.24. The topological polar surface area (TPSA) is 0 Å². The zero-order valence-electron chi connectivity index (χ0n) is 9.50. The molecule has 1 atom stereocenters. The molecule has 1 unspecified atom stereocenters. The van der Waals surface area contributed by atoms with E-state index in [1.807, 2.05) is 11.8 Å². The minimum absolute atomic E-state index is 0.678. The molecule has 0 aliphatic heterocycles. The van der Waals surface area contributed by atoms with Crippen LogP contribution in [-0.4, -0.2) is 17.3 Å². The van der Waals surface area contributed by atoms with E-state index in [1.54, 1.807) is 0 Å². The first-order valence-corrected chi connectivity index (χ1v) is 7.91. The maximum atomic E-state index is 3.62. The van der Waals surface area contributed by atoms with Gasteiger partial charge in [-0.3, -0.25) is 0 Å². The second-order valence-electron chi connectivity index (χ2n) is 3.90. The van der Waals surface area contributed by atoms with Crippen molar-refractivity contribution < 1.29 is 0 Å². The summed E-state index contributed by atoms with van der Waals surface area (Å²) in [5, 5.41) is 1.07. The molecule has 1 aromatic carbocycles. The van der Waals surface area contributed by atoms with Crippen molar-refractivity contribution in [1.29, 1.82) is 0 Å². The van der Waals surface area contributed by atoms with Crippen molar-refractivity contribution in [3.05, 3.63) is 35.4 Å². The van der Waals surface area contributed by atoms with Crippen molar-refractivity contribution in [2.24, 2.45) is 0 Å². The van der Waals surface area contributed by atoms with Gasteiger partial charge in [0, 0.05) is 5.33 Å². The highest BCUT2D eigenvalue weighted by molar-refractivity contribution is 9.09. The predicted molar refractivity (Wildman–Crippen MR) is 75.3 cm³/mol. The van der Waals surface area contributed by atoms with Crippen molar-refractivity contribution in [1.82, 2.24) is 0 Å². The van der Waals surface area contributed by atoms with E-state index in [4.69, 9.17) is 0 Å². The normalized spacial score (nSPS) is 12.7. The van der Waals surface area contributed by atoms with Gasteiger partial charge < -0.3 is 0 Å². The molecule has 0 saturated carbocycles. The number of benzene rings is 1. The quantitative estimate of drug-likeness (QED) is 0.543. The van der Waals surface area contributed by atoms with E-state index in [1.165, 1.54) is 29.7 Å². The lowest BCUT2D eigenvalue weighted by atomic mass is 9.96. The Kier molecular flexibility index (Phi) is 6.42. The van der Waals surface area contributed by atoms with Gasteiger partial charge in [0.05, 0.1) is 0 Å². The molecule has 0 heterocycles. The van der Waals surface area contributed by atoms with E-state index in [0.717, 1.165) is 5.33 Å². The van der Waals surface area contributed by atoms with E-state index >= 15 is 0 Å². The molecular formula is C13H19BrS. The summed E-state index contributed by atoms with van der Waals surface area (Å²) in [5.41, 5.74) is 2.81. The standard InChI is InChI=1S/C13H19BrS/c1-11-5-7-12(8-6-11)13(10-14)4-3-9-15-2/h5-8,13H,3-4,9-10H2,1-2H3. The summed E-state index contributed by atoms with van der Waals surface area (Å²) < 4.78 is 0. The first kappa shape index (κ1) is 13.1. The third-order valence-corrected chi connectivity index (χ3v) is 4.11. The van der Waals surface area contributed by atoms with Crippen LogP contribution in [-0.2, 0) is 0 Å². The molecule has 0 aliphatic carbocycles. The highest BCUT2D eigenvalue weighted by Gasteiger charge is 2.08. The molecule has 0 amide bonds. The van der Waals surface area contributed by atoms with Crippen LogP contribution in [0.2, 0.25) is 0 Å². The van der Waals surface area contributed by atoms with Crippen molar-refractivity contribution in [3.8, 4) is 0 Å². The largest absolute Gasteiger partial charge is 0.165 e. The molecule has 0 N–H and O–H groups in total. The molecule has 2 heteroatoms. The van der Waals surface area contributed by atoms with Gasteiger partial charge in [0.25, 0.3) is 0 Å². The zero-order valence-corrected chi connectivity index (χ0v) is 11.9. The van der Waals surface area contributed by atoms with Gasteiger partial charge in [-0.2, -0.15) is 11.8 Å². The van der Waals surface area contributed by atoms with E-state index < -0.39 is 0 Å². The van der Waals surface area contributed by atoms with Gasteiger partial charge in [0.15, 0.2) is 0 Å². The fourth-order valence-corrected chi connectivity index (χ4v) is 2.80. The molecule has 0 saturated heterocycles. The number of hydrogen-bond donors (Lipinski definition) is 0. The number of halogens is 1. The molecule has 1 aromatic rings. The monoisotopic (exact) mass is 286 g/mol. The summed E-state index contributed by atoms with van der Waals surface area (Å²) in [4.78, 5) is 0. The molecule has 84 valence electrons. The summed E-state index contributed by atoms with van der Waals surface area (Å²) in [6.07, 6.45) is 4.77. The Morgan fingerprint density at radius 2 is 1.93 bits per heavy atom. The lowest BCUT2D eigenvalue weighted by Gasteiger charge is -2.14. The molecule has 1 rings (SSSR count). The van der Waals surface area contributed by atoms with Crippen LogP contribution >= 0.6 is 27.7 Å². The van der Waals surface area contributed by atoms with Gasteiger partial charge in [-0.15, -0.1) is 0 Å².